The highest BCUT2D eigenvalue weighted by atomic mass is 35.5. The summed E-state index contributed by atoms with van der Waals surface area (Å²) in [6.45, 7) is 1.88. The van der Waals surface area contributed by atoms with Gasteiger partial charge in [0.25, 0.3) is 0 Å². The van der Waals surface area contributed by atoms with Gasteiger partial charge in [-0.1, -0.05) is 29.8 Å². The standard InChI is InChI=1S/C13H14ClN5O2/c1-8(9-5-3-4-6-10(9)14)18(2)13-11(19(20)21)12(15)16-7-17-13/h3-8H,1-2H3,(H2,15,16,17). The van der Waals surface area contributed by atoms with E-state index in [9.17, 15) is 10.1 Å². The number of anilines is 2. The minimum absolute atomic E-state index is 0.153. The van der Waals surface area contributed by atoms with Crippen LogP contribution >= 0.6 is 11.6 Å². The molecule has 1 atom stereocenters. The highest BCUT2D eigenvalue weighted by Crippen LogP contribution is 2.35. The Morgan fingerprint density at radius 1 is 1.38 bits per heavy atom. The first-order valence-electron chi connectivity index (χ1n) is 6.15. The first-order chi connectivity index (χ1) is 9.93. The quantitative estimate of drug-likeness (QED) is 0.689. The van der Waals surface area contributed by atoms with Crippen molar-refractivity contribution in [2.24, 2.45) is 0 Å². The number of hydrogen-bond acceptors (Lipinski definition) is 6. The average Bonchev–Trinajstić information content (AvgIpc) is 2.45. The first kappa shape index (κ1) is 15.0. The number of benzene rings is 1. The number of hydrogen-bond donors (Lipinski definition) is 1. The van der Waals surface area contributed by atoms with Crippen molar-refractivity contribution in [1.82, 2.24) is 9.97 Å². The molecule has 2 aromatic rings. The van der Waals surface area contributed by atoms with Crippen LogP contribution in [0, 0.1) is 10.1 Å². The van der Waals surface area contributed by atoms with Crippen LogP contribution in [0.2, 0.25) is 5.02 Å². The van der Waals surface area contributed by atoms with Gasteiger partial charge in [0.15, 0.2) is 0 Å². The second kappa shape index (κ2) is 5.92. The minimum atomic E-state index is -0.583. The van der Waals surface area contributed by atoms with Crippen molar-refractivity contribution < 1.29 is 4.92 Å². The molecule has 2 N–H and O–H groups in total. The summed E-state index contributed by atoms with van der Waals surface area (Å²) in [6.07, 6.45) is 1.20. The molecule has 0 aliphatic rings. The molecule has 0 aliphatic heterocycles. The molecule has 0 aliphatic carbocycles. The van der Waals surface area contributed by atoms with Crippen molar-refractivity contribution in [1.29, 1.82) is 0 Å². The van der Waals surface area contributed by atoms with Crippen molar-refractivity contribution in [2.45, 2.75) is 13.0 Å². The molecule has 1 aromatic carbocycles. The average molecular weight is 308 g/mol. The Morgan fingerprint density at radius 3 is 2.67 bits per heavy atom. The lowest BCUT2D eigenvalue weighted by Gasteiger charge is -2.26. The van der Waals surface area contributed by atoms with E-state index in [4.69, 9.17) is 17.3 Å². The van der Waals surface area contributed by atoms with Crippen molar-refractivity contribution in [3.8, 4) is 0 Å². The Kier molecular flexibility index (Phi) is 4.23. The highest BCUT2D eigenvalue weighted by molar-refractivity contribution is 6.31. The van der Waals surface area contributed by atoms with Crippen LogP contribution in [0.5, 0.6) is 0 Å². The Morgan fingerprint density at radius 2 is 2.05 bits per heavy atom. The van der Waals surface area contributed by atoms with Crippen LogP contribution in [0.15, 0.2) is 30.6 Å². The second-order valence-corrected chi connectivity index (χ2v) is 4.90. The van der Waals surface area contributed by atoms with Gasteiger partial charge in [-0.25, -0.2) is 9.97 Å². The SMILES string of the molecule is CC(c1ccccc1Cl)N(C)c1ncnc(N)c1[N+](=O)[O-]. The van der Waals surface area contributed by atoms with E-state index in [-0.39, 0.29) is 23.4 Å². The zero-order valence-corrected chi connectivity index (χ0v) is 12.3. The van der Waals surface area contributed by atoms with Crippen LogP contribution < -0.4 is 10.6 Å². The molecule has 0 saturated heterocycles. The molecule has 0 bridgehead atoms. The lowest BCUT2D eigenvalue weighted by molar-refractivity contribution is -0.383. The summed E-state index contributed by atoms with van der Waals surface area (Å²) in [7, 11) is 1.70. The molecule has 8 heteroatoms. The predicted molar refractivity (Wildman–Crippen MR) is 81.4 cm³/mol. The maximum Gasteiger partial charge on any atom is 0.353 e. The Hall–Kier alpha value is -2.41. The van der Waals surface area contributed by atoms with Crippen molar-refractivity contribution in [2.75, 3.05) is 17.7 Å². The molecule has 7 nitrogen and oxygen atoms in total. The van der Waals surface area contributed by atoms with E-state index in [0.29, 0.717) is 5.02 Å². The fraction of sp³-hybridized carbons (Fsp3) is 0.231. The molecule has 21 heavy (non-hydrogen) atoms. The summed E-state index contributed by atoms with van der Waals surface area (Å²) in [5.74, 6) is -0.0110. The van der Waals surface area contributed by atoms with E-state index in [2.05, 4.69) is 9.97 Å². The van der Waals surface area contributed by atoms with E-state index in [1.807, 2.05) is 25.1 Å². The lowest BCUT2D eigenvalue weighted by Crippen LogP contribution is -2.24. The van der Waals surface area contributed by atoms with Crippen molar-refractivity contribution in [3.05, 3.63) is 51.3 Å². The van der Waals surface area contributed by atoms with Crippen LogP contribution in [0.3, 0.4) is 0 Å². The number of nitro groups is 1. The lowest BCUT2D eigenvalue weighted by atomic mass is 10.1. The van der Waals surface area contributed by atoms with E-state index in [0.717, 1.165) is 5.56 Å². The third-order valence-corrected chi connectivity index (χ3v) is 3.63. The third kappa shape index (κ3) is 2.87. The Bertz CT molecular complexity index is 679. The van der Waals surface area contributed by atoms with Crippen LogP contribution in [0.1, 0.15) is 18.5 Å². The van der Waals surface area contributed by atoms with E-state index in [1.165, 1.54) is 6.33 Å². The van der Waals surface area contributed by atoms with Gasteiger partial charge < -0.3 is 10.6 Å². The molecule has 1 unspecified atom stereocenters. The van der Waals surface area contributed by atoms with Gasteiger partial charge in [0, 0.05) is 12.1 Å². The first-order valence-corrected chi connectivity index (χ1v) is 6.53. The number of halogens is 1. The summed E-state index contributed by atoms with van der Waals surface area (Å²) < 4.78 is 0. The van der Waals surface area contributed by atoms with Gasteiger partial charge in [-0.05, 0) is 18.6 Å². The monoisotopic (exact) mass is 307 g/mol. The van der Waals surface area contributed by atoms with Crippen molar-refractivity contribution >= 4 is 28.9 Å². The van der Waals surface area contributed by atoms with Gasteiger partial charge >= 0.3 is 5.69 Å². The summed E-state index contributed by atoms with van der Waals surface area (Å²) in [4.78, 5) is 19.9. The molecule has 1 aromatic heterocycles. The van der Waals surface area contributed by atoms with Crippen LogP contribution in [-0.2, 0) is 0 Å². The van der Waals surface area contributed by atoms with Crippen LogP contribution in [-0.4, -0.2) is 21.9 Å². The van der Waals surface area contributed by atoms with Gasteiger partial charge in [0.1, 0.15) is 6.33 Å². The summed E-state index contributed by atoms with van der Waals surface area (Å²) in [6, 6.07) is 7.09. The normalized spacial score (nSPS) is 12.0. The van der Waals surface area contributed by atoms with Gasteiger partial charge in [0.05, 0.1) is 11.0 Å². The molecule has 110 valence electrons. The highest BCUT2D eigenvalue weighted by Gasteiger charge is 2.27. The summed E-state index contributed by atoms with van der Waals surface area (Å²) >= 11 is 6.17. The molecule has 0 fully saturated rings. The van der Waals surface area contributed by atoms with Gasteiger partial charge in [0.2, 0.25) is 11.6 Å². The molecule has 0 radical (unpaired) electrons. The third-order valence-electron chi connectivity index (χ3n) is 3.28. The van der Waals surface area contributed by atoms with Gasteiger partial charge in [-0.3, -0.25) is 10.1 Å². The van der Waals surface area contributed by atoms with Crippen LogP contribution in [0.25, 0.3) is 0 Å². The maximum absolute atomic E-state index is 11.2. The van der Waals surface area contributed by atoms with E-state index in [1.54, 1.807) is 18.0 Å². The van der Waals surface area contributed by atoms with Crippen molar-refractivity contribution in [3.63, 3.8) is 0 Å². The smallest absolute Gasteiger partial charge is 0.353 e. The molecule has 1 heterocycles. The number of rotatable bonds is 4. The molecule has 2 rings (SSSR count). The fourth-order valence-corrected chi connectivity index (χ4v) is 2.32. The number of nitrogens with zero attached hydrogens (tertiary/aromatic N) is 4. The Balaban J connectivity index is 2.46. The Labute approximate surface area is 126 Å². The predicted octanol–water partition coefficient (Wildman–Crippen LogP) is 2.82. The second-order valence-electron chi connectivity index (χ2n) is 4.50. The molecular formula is C13H14ClN5O2. The van der Waals surface area contributed by atoms with E-state index < -0.39 is 4.92 Å². The molecular weight excluding hydrogens is 294 g/mol. The number of aromatic nitrogens is 2. The molecule has 0 spiro atoms. The topological polar surface area (TPSA) is 98.2 Å². The number of nitrogens with two attached hydrogens (primary N) is 1. The largest absolute Gasteiger partial charge is 0.378 e. The minimum Gasteiger partial charge on any atom is -0.378 e. The van der Waals surface area contributed by atoms with Crippen LogP contribution in [0.4, 0.5) is 17.3 Å². The molecule has 0 amide bonds. The van der Waals surface area contributed by atoms with Gasteiger partial charge in [-0.15, -0.1) is 0 Å². The zero-order valence-electron chi connectivity index (χ0n) is 11.5. The number of nitrogen functional groups attached to an aromatic ring is 1. The maximum atomic E-state index is 11.2. The summed E-state index contributed by atoms with van der Waals surface area (Å²) in [5, 5.41) is 11.8. The zero-order chi connectivity index (χ0) is 15.6. The molecule has 0 saturated carbocycles. The van der Waals surface area contributed by atoms with E-state index >= 15 is 0 Å². The summed E-state index contributed by atoms with van der Waals surface area (Å²) in [5.41, 5.74) is 6.12. The van der Waals surface area contributed by atoms with Gasteiger partial charge in [-0.2, -0.15) is 0 Å². The fourth-order valence-electron chi connectivity index (χ4n) is 2.02.